The van der Waals surface area contributed by atoms with E-state index in [0.29, 0.717) is 0 Å². The van der Waals surface area contributed by atoms with Crippen molar-refractivity contribution in [2.45, 2.75) is 0 Å². The molecule has 0 saturated carbocycles. The van der Waals surface area contributed by atoms with E-state index in [1.54, 1.807) is 8.35 Å². The van der Waals surface area contributed by atoms with Gasteiger partial charge in [0, 0.05) is 0 Å². The summed E-state index contributed by atoms with van der Waals surface area (Å²) in [6.07, 6.45) is 3.07. The zero-order chi connectivity index (χ0) is 10.3. The summed E-state index contributed by atoms with van der Waals surface area (Å²) in [6, 6.07) is 7.66. The topological polar surface area (TPSA) is 52.7 Å². The Labute approximate surface area is 90.5 Å². The molecule has 15 heavy (non-hydrogen) atoms. The molecule has 0 bridgehead atoms. The van der Waals surface area contributed by atoms with Gasteiger partial charge in [-0.05, 0) is 0 Å². The quantitative estimate of drug-likeness (QED) is 0.580. The fourth-order valence-electron chi connectivity index (χ4n) is 1.40. The zero-order valence-corrected chi connectivity index (χ0v) is 9.28. The van der Waals surface area contributed by atoms with Crippen LogP contribution in [-0.2, 0) is 0 Å². The summed E-state index contributed by atoms with van der Waals surface area (Å²) in [5, 5.41) is 8.17. The summed E-state index contributed by atoms with van der Waals surface area (Å²) in [6.45, 7) is 0. The van der Waals surface area contributed by atoms with Crippen molar-refractivity contribution in [2.24, 2.45) is 0 Å². The predicted octanol–water partition coefficient (Wildman–Crippen LogP) is -0.0386. The van der Waals surface area contributed by atoms with Crippen LogP contribution in [0.25, 0.3) is 9.65 Å². The Balaban J connectivity index is 2.38. The Hall–Kier alpha value is -1.65. The first-order valence-corrected chi connectivity index (χ1v) is 5.95. The molecule has 5 nitrogen and oxygen atoms in total. The van der Waals surface area contributed by atoms with E-state index in [2.05, 4.69) is 10.2 Å². The van der Waals surface area contributed by atoms with Gasteiger partial charge in [0.2, 0.25) is 0 Å². The molecule has 3 aromatic rings. The molecule has 0 unspecified atom stereocenters. The average Bonchev–Trinajstić information content (AvgIpc) is 2.87. The normalized spacial score (nSPS) is 10.9. The molecule has 3 rings (SSSR count). The van der Waals surface area contributed by atoms with Gasteiger partial charge in [0.1, 0.15) is 0 Å². The molecule has 0 amide bonds. The fraction of sp³-hybridized carbons (Fsp3) is 0. The van der Waals surface area contributed by atoms with Crippen molar-refractivity contribution in [3.63, 3.8) is 0 Å². The van der Waals surface area contributed by atoms with Crippen molar-refractivity contribution in [1.82, 2.24) is 18.5 Å². The average molecular weight is 265 g/mol. The van der Waals surface area contributed by atoms with E-state index in [4.69, 9.17) is 0 Å². The summed E-state index contributed by atoms with van der Waals surface area (Å²) in [5.74, 6) is 0. The maximum absolute atomic E-state index is 12.0. The molecule has 0 spiro atoms. The van der Waals surface area contributed by atoms with E-state index in [1.807, 2.05) is 24.3 Å². The first kappa shape index (κ1) is 8.64. The SMILES string of the molecule is O=c1c2ccccc2[se]n1-n1cnnc1. The van der Waals surface area contributed by atoms with Crippen LogP contribution in [0.2, 0.25) is 0 Å². The molecule has 0 aliphatic heterocycles. The molecule has 6 heteroatoms. The summed E-state index contributed by atoms with van der Waals surface area (Å²) < 4.78 is 4.39. The van der Waals surface area contributed by atoms with Crippen LogP contribution in [0.5, 0.6) is 0 Å². The van der Waals surface area contributed by atoms with Crippen LogP contribution in [0.1, 0.15) is 0 Å². The van der Waals surface area contributed by atoms with Gasteiger partial charge in [-0.15, -0.1) is 0 Å². The number of rotatable bonds is 1. The number of fused-ring (bicyclic) bond motifs is 1. The van der Waals surface area contributed by atoms with Gasteiger partial charge >= 0.3 is 90.2 Å². The predicted molar refractivity (Wildman–Crippen MR) is 56.0 cm³/mol. The van der Waals surface area contributed by atoms with Crippen LogP contribution in [0.15, 0.2) is 41.7 Å². The Kier molecular flexibility index (Phi) is 1.83. The summed E-state index contributed by atoms with van der Waals surface area (Å²) in [5.41, 5.74) is 0.0189. The van der Waals surface area contributed by atoms with Crippen molar-refractivity contribution in [3.8, 4) is 0 Å². The van der Waals surface area contributed by atoms with Crippen molar-refractivity contribution >= 4 is 24.4 Å². The number of benzene rings is 1. The molecular formula is C9H6N4OSe. The number of hydrogen-bond donors (Lipinski definition) is 0. The monoisotopic (exact) mass is 266 g/mol. The third-order valence-electron chi connectivity index (χ3n) is 2.09. The minimum atomic E-state index is -0.0178. The van der Waals surface area contributed by atoms with Gasteiger partial charge in [-0.3, -0.25) is 0 Å². The van der Waals surface area contributed by atoms with E-state index >= 15 is 0 Å². The third kappa shape index (κ3) is 1.26. The van der Waals surface area contributed by atoms with Gasteiger partial charge in [0.15, 0.2) is 0 Å². The molecule has 0 aliphatic carbocycles. The second kappa shape index (κ2) is 3.18. The number of hydrogen-bond acceptors (Lipinski definition) is 3. The molecule has 0 N–H and O–H groups in total. The second-order valence-electron chi connectivity index (χ2n) is 3.01. The molecule has 0 radical (unpaired) electrons. The second-order valence-corrected chi connectivity index (χ2v) is 5.04. The number of aromatic nitrogens is 4. The minimum absolute atomic E-state index is 0.0178. The molecule has 1 aromatic carbocycles. The van der Waals surface area contributed by atoms with Crippen molar-refractivity contribution in [1.29, 1.82) is 0 Å². The number of nitrogens with zero attached hydrogens (tertiary/aromatic N) is 4. The molecule has 2 heterocycles. The van der Waals surface area contributed by atoms with Crippen LogP contribution in [-0.4, -0.2) is 33.3 Å². The fourth-order valence-corrected chi connectivity index (χ4v) is 3.37. The van der Waals surface area contributed by atoms with E-state index in [1.165, 1.54) is 12.7 Å². The molecule has 0 aliphatic rings. The van der Waals surface area contributed by atoms with Crippen molar-refractivity contribution in [3.05, 3.63) is 47.3 Å². The Bertz CT molecular complexity index is 652. The molecule has 0 atom stereocenters. The summed E-state index contributed by atoms with van der Waals surface area (Å²) in [4.78, 5) is 12.0. The summed E-state index contributed by atoms with van der Waals surface area (Å²) in [7, 11) is 0. The van der Waals surface area contributed by atoms with Crippen molar-refractivity contribution in [2.75, 3.05) is 0 Å². The Morgan fingerprint density at radius 3 is 2.60 bits per heavy atom. The van der Waals surface area contributed by atoms with Crippen LogP contribution in [0.3, 0.4) is 0 Å². The summed E-state index contributed by atoms with van der Waals surface area (Å²) >= 11 is -0.0178. The Morgan fingerprint density at radius 1 is 1.13 bits per heavy atom. The van der Waals surface area contributed by atoms with E-state index < -0.39 is 0 Å². The van der Waals surface area contributed by atoms with Gasteiger partial charge < -0.3 is 0 Å². The molecule has 74 valence electrons. The van der Waals surface area contributed by atoms with Crippen LogP contribution >= 0.6 is 0 Å². The van der Waals surface area contributed by atoms with E-state index in [-0.39, 0.29) is 20.3 Å². The van der Waals surface area contributed by atoms with Crippen molar-refractivity contribution < 1.29 is 0 Å². The van der Waals surface area contributed by atoms with E-state index in [9.17, 15) is 4.79 Å². The standard InChI is InChI=1S/C9H6N4OSe/c14-9-7-3-1-2-4-8(7)15-13(9)12-5-10-11-6-12/h1-6H. The third-order valence-corrected chi connectivity index (χ3v) is 4.36. The van der Waals surface area contributed by atoms with Gasteiger partial charge in [-0.2, -0.15) is 0 Å². The van der Waals surface area contributed by atoms with Crippen LogP contribution in [0, 0.1) is 0 Å². The first-order valence-electron chi connectivity index (χ1n) is 4.32. The van der Waals surface area contributed by atoms with E-state index in [0.717, 1.165) is 9.65 Å². The molecule has 2 aromatic heterocycles. The molecule has 0 fully saturated rings. The first-order chi connectivity index (χ1) is 7.36. The van der Waals surface area contributed by atoms with Crippen LogP contribution < -0.4 is 5.56 Å². The van der Waals surface area contributed by atoms with Gasteiger partial charge in [0.25, 0.3) is 0 Å². The molecule has 0 saturated heterocycles. The molecular weight excluding hydrogens is 259 g/mol. The maximum atomic E-state index is 12.0. The zero-order valence-electron chi connectivity index (χ0n) is 7.57. The van der Waals surface area contributed by atoms with Gasteiger partial charge in [-0.25, -0.2) is 0 Å². The van der Waals surface area contributed by atoms with Gasteiger partial charge in [0.05, 0.1) is 0 Å². The van der Waals surface area contributed by atoms with Crippen LogP contribution in [0.4, 0.5) is 0 Å². The Morgan fingerprint density at radius 2 is 1.87 bits per heavy atom. The van der Waals surface area contributed by atoms with Gasteiger partial charge in [-0.1, -0.05) is 0 Å².